The summed E-state index contributed by atoms with van der Waals surface area (Å²) in [5.41, 5.74) is 1.33. The maximum Gasteiger partial charge on any atom is 0.231 e. The molecule has 1 aliphatic heterocycles. The first kappa shape index (κ1) is 11.3. The SMILES string of the molecule is CNC(C)(C)C(C)c1ccc2c(c1)OCO2. The van der Waals surface area contributed by atoms with Gasteiger partial charge in [-0.25, -0.2) is 0 Å². The third kappa shape index (κ3) is 1.87. The van der Waals surface area contributed by atoms with Crippen molar-refractivity contribution < 1.29 is 9.47 Å². The molecule has 0 bridgehead atoms. The molecule has 1 atom stereocenters. The van der Waals surface area contributed by atoms with Crippen molar-refractivity contribution in [1.29, 1.82) is 0 Å². The van der Waals surface area contributed by atoms with Gasteiger partial charge >= 0.3 is 0 Å². The van der Waals surface area contributed by atoms with Gasteiger partial charge in [0, 0.05) is 5.54 Å². The maximum atomic E-state index is 5.39. The number of fused-ring (bicyclic) bond motifs is 1. The molecule has 0 radical (unpaired) electrons. The zero-order valence-electron chi connectivity index (χ0n) is 10.3. The van der Waals surface area contributed by atoms with Crippen LogP contribution in [0.15, 0.2) is 18.2 Å². The Labute approximate surface area is 96.8 Å². The average molecular weight is 221 g/mol. The molecular weight excluding hydrogens is 202 g/mol. The Balaban J connectivity index is 2.28. The first-order valence-corrected chi connectivity index (χ1v) is 5.63. The topological polar surface area (TPSA) is 30.5 Å². The van der Waals surface area contributed by atoms with Crippen LogP contribution in [-0.2, 0) is 0 Å². The molecule has 0 amide bonds. The molecule has 1 N–H and O–H groups in total. The fourth-order valence-corrected chi connectivity index (χ4v) is 1.82. The molecule has 16 heavy (non-hydrogen) atoms. The second kappa shape index (κ2) is 3.98. The number of hydrogen-bond acceptors (Lipinski definition) is 3. The smallest absolute Gasteiger partial charge is 0.231 e. The molecule has 2 rings (SSSR count). The maximum absolute atomic E-state index is 5.39. The molecule has 1 heterocycles. The van der Waals surface area contributed by atoms with Gasteiger partial charge in [-0.05, 0) is 44.5 Å². The quantitative estimate of drug-likeness (QED) is 0.850. The molecule has 1 aliphatic rings. The van der Waals surface area contributed by atoms with Crippen molar-refractivity contribution in [1.82, 2.24) is 5.32 Å². The van der Waals surface area contributed by atoms with Crippen molar-refractivity contribution in [3.05, 3.63) is 23.8 Å². The second-order valence-corrected chi connectivity index (χ2v) is 4.81. The van der Waals surface area contributed by atoms with Gasteiger partial charge in [0.15, 0.2) is 11.5 Å². The molecule has 0 saturated carbocycles. The summed E-state index contributed by atoms with van der Waals surface area (Å²) in [5.74, 6) is 2.11. The van der Waals surface area contributed by atoms with Crippen LogP contribution in [-0.4, -0.2) is 19.4 Å². The van der Waals surface area contributed by atoms with E-state index >= 15 is 0 Å². The molecule has 3 heteroatoms. The van der Waals surface area contributed by atoms with Gasteiger partial charge in [-0.1, -0.05) is 13.0 Å². The summed E-state index contributed by atoms with van der Waals surface area (Å²) < 4.78 is 10.7. The number of likely N-dealkylation sites (N-methyl/N-ethyl adjacent to an activating group) is 1. The van der Waals surface area contributed by atoms with Gasteiger partial charge in [0.2, 0.25) is 6.79 Å². The van der Waals surface area contributed by atoms with Gasteiger partial charge in [-0.15, -0.1) is 0 Å². The van der Waals surface area contributed by atoms with Crippen molar-refractivity contribution in [2.45, 2.75) is 32.2 Å². The first-order valence-electron chi connectivity index (χ1n) is 5.63. The molecule has 0 aliphatic carbocycles. The fraction of sp³-hybridized carbons (Fsp3) is 0.538. The molecular formula is C13H19NO2. The standard InChI is InChI=1S/C13H19NO2/c1-9(13(2,3)14-4)10-5-6-11-12(7-10)16-8-15-11/h5-7,9,14H,8H2,1-4H3. The van der Waals surface area contributed by atoms with Crippen LogP contribution in [0.25, 0.3) is 0 Å². The normalized spacial score (nSPS) is 16.2. The summed E-state index contributed by atoms with van der Waals surface area (Å²) in [5, 5.41) is 3.34. The minimum Gasteiger partial charge on any atom is -0.454 e. The van der Waals surface area contributed by atoms with Crippen LogP contribution < -0.4 is 14.8 Å². The molecule has 0 saturated heterocycles. The van der Waals surface area contributed by atoms with E-state index in [-0.39, 0.29) is 5.54 Å². The van der Waals surface area contributed by atoms with Gasteiger partial charge in [0.25, 0.3) is 0 Å². The van der Waals surface area contributed by atoms with Gasteiger partial charge in [0.1, 0.15) is 0 Å². The van der Waals surface area contributed by atoms with Gasteiger partial charge in [-0.2, -0.15) is 0 Å². The summed E-state index contributed by atoms with van der Waals surface area (Å²) in [6.45, 7) is 6.95. The monoisotopic (exact) mass is 221 g/mol. The van der Waals surface area contributed by atoms with E-state index in [1.165, 1.54) is 5.56 Å². The van der Waals surface area contributed by atoms with E-state index in [1.807, 2.05) is 13.1 Å². The Kier molecular flexibility index (Phi) is 2.80. The highest BCUT2D eigenvalue weighted by atomic mass is 16.7. The average Bonchev–Trinajstić information content (AvgIpc) is 2.74. The summed E-state index contributed by atoms with van der Waals surface area (Å²) in [7, 11) is 1.99. The zero-order valence-corrected chi connectivity index (χ0v) is 10.3. The van der Waals surface area contributed by atoms with Crippen LogP contribution >= 0.6 is 0 Å². The van der Waals surface area contributed by atoms with Crippen molar-refractivity contribution in [2.24, 2.45) is 0 Å². The molecule has 1 aromatic carbocycles. The number of rotatable bonds is 3. The van der Waals surface area contributed by atoms with Crippen molar-refractivity contribution in [2.75, 3.05) is 13.8 Å². The number of hydrogen-bond donors (Lipinski definition) is 1. The van der Waals surface area contributed by atoms with E-state index < -0.39 is 0 Å². The predicted molar refractivity (Wildman–Crippen MR) is 64.1 cm³/mol. The minimum atomic E-state index is 0.0632. The molecule has 0 fully saturated rings. The summed E-state index contributed by atoms with van der Waals surface area (Å²) in [6, 6.07) is 6.17. The Bertz CT molecular complexity index is 388. The van der Waals surface area contributed by atoms with Crippen molar-refractivity contribution >= 4 is 0 Å². The Morgan fingerprint density at radius 2 is 1.94 bits per heavy atom. The van der Waals surface area contributed by atoms with Crippen LogP contribution in [0.4, 0.5) is 0 Å². The summed E-state index contributed by atoms with van der Waals surface area (Å²) >= 11 is 0. The lowest BCUT2D eigenvalue weighted by atomic mass is 9.83. The van der Waals surface area contributed by atoms with E-state index in [1.54, 1.807) is 0 Å². The second-order valence-electron chi connectivity index (χ2n) is 4.81. The van der Waals surface area contributed by atoms with Crippen LogP contribution in [0.2, 0.25) is 0 Å². The van der Waals surface area contributed by atoms with E-state index in [9.17, 15) is 0 Å². The number of ether oxygens (including phenoxy) is 2. The van der Waals surface area contributed by atoms with Gasteiger partial charge in [-0.3, -0.25) is 0 Å². The molecule has 1 aromatic rings. The summed E-state index contributed by atoms with van der Waals surface area (Å²) in [4.78, 5) is 0. The Morgan fingerprint density at radius 1 is 1.25 bits per heavy atom. The van der Waals surface area contributed by atoms with Crippen LogP contribution in [0, 0.1) is 0 Å². The lowest BCUT2D eigenvalue weighted by Crippen LogP contribution is -2.41. The highest BCUT2D eigenvalue weighted by molar-refractivity contribution is 5.45. The van der Waals surface area contributed by atoms with Gasteiger partial charge in [0.05, 0.1) is 0 Å². The predicted octanol–water partition coefficient (Wildman–Crippen LogP) is 2.52. The van der Waals surface area contributed by atoms with E-state index in [0.29, 0.717) is 12.7 Å². The van der Waals surface area contributed by atoms with Crippen LogP contribution in [0.5, 0.6) is 11.5 Å². The molecule has 0 spiro atoms. The lowest BCUT2D eigenvalue weighted by Gasteiger charge is -2.32. The molecule has 88 valence electrons. The van der Waals surface area contributed by atoms with E-state index in [0.717, 1.165) is 11.5 Å². The van der Waals surface area contributed by atoms with Crippen molar-refractivity contribution in [3.8, 4) is 11.5 Å². The summed E-state index contributed by atoms with van der Waals surface area (Å²) in [6.07, 6.45) is 0. The highest BCUT2D eigenvalue weighted by Gasteiger charge is 2.26. The molecule has 3 nitrogen and oxygen atoms in total. The lowest BCUT2D eigenvalue weighted by molar-refractivity contribution is 0.174. The largest absolute Gasteiger partial charge is 0.454 e. The Morgan fingerprint density at radius 3 is 2.62 bits per heavy atom. The van der Waals surface area contributed by atoms with Gasteiger partial charge < -0.3 is 14.8 Å². The third-order valence-corrected chi connectivity index (χ3v) is 3.62. The fourth-order valence-electron chi connectivity index (χ4n) is 1.82. The van der Waals surface area contributed by atoms with Crippen LogP contribution in [0.3, 0.4) is 0 Å². The van der Waals surface area contributed by atoms with Crippen molar-refractivity contribution in [3.63, 3.8) is 0 Å². The van der Waals surface area contributed by atoms with Crippen LogP contribution in [0.1, 0.15) is 32.3 Å². The first-order chi connectivity index (χ1) is 7.54. The molecule has 1 unspecified atom stereocenters. The Hall–Kier alpha value is -1.22. The number of benzene rings is 1. The third-order valence-electron chi connectivity index (χ3n) is 3.62. The number of nitrogens with one attached hydrogen (secondary N) is 1. The van der Waals surface area contributed by atoms with E-state index in [4.69, 9.17) is 9.47 Å². The molecule has 0 aromatic heterocycles. The zero-order chi connectivity index (χ0) is 11.8. The van der Waals surface area contributed by atoms with E-state index in [2.05, 4.69) is 38.2 Å². The highest BCUT2D eigenvalue weighted by Crippen LogP contribution is 2.37. The minimum absolute atomic E-state index is 0.0632.